The average Bonchev–Trinajstić information content (AvgIpc) is 2.30. The third-order valence-corrected chi connectivity index (χ3v) is 2.59. The minimum absolute atomic E-state index is 0.271. The number of nitrogens with zero attached hydrogens (tertiary/aromatic N) is 1. The molecule has 0 saturated carbocycles. The molecule has 1 aromatic carbocycles. The molecule has 16 heavy (non-hydrogen) atoms. The highest BCUT2D eigenvalue weighted by Gasteiger charge is 2.26. The van der Waals surface area contributed by atoms with Gasteiger partial charge >= 0.3 is 0 Å². The summed E-state index contributed by atoms with van der Waals surface area (Å²) in [5, 5.41) is 0. The van der Waals surface area contributed by atoms with Crippen molar-refractivity contribution in [2.75, 3.05) is 23.8 Å². The first-order valence-corrected chi connectivity index (χ1v) is 5.11. The Morgan fingerprint density at radius 2 is 2.44 bits per heavy atom. The van der Waals surface area contributed by atoms with Crippen LogP contribution in [0.3, 0.4) is 0 Å². The van der Waals surface area contributed by atoms with E-state index in [1.807, 2.05) is 17.0 Å². The van der Waals surface area contributed by atoms with Crippen LogP contribution in [0.2, 0.25) is 0 Å². The second-order valence-corrected chi connectivity index (χ2v) is 3.68. The van der Waals surface area contributed by atoms with Crippen LogP contribution in [0.1, 0.15) is 0 Å². The number of rotatable bonds is 3. The van der Waals surface area contributed by atoms with Crippen molar-refractivity contribution in [2.45, 2.75) is 6.04 Å². The van der Waals surface area contributed by atoms with Gasteiger partial charge in [-0.15, -0.1) is 6.58 Å². The molecule has 0 spiro atoms. The molecular formula is C12H14N2O2. The van der Waals surface area contributed by atoms with Crippen molar-refractivity contribution in [3.05, 3.63) is 30.9 Å². The van der Waals surface area contributed by atoms with E-state index < -0.39 is 0 Å². The van der Waals surface area contributed by atoms with Crippen LogP contribution in [-0.2, 0) is 4.79 Å². The van der Waals surface area contributed by atoms with Gasteiger partial charge in [-0.3, -0.25) is 0 Å². The SMILES string of the molecule is C=CCN1c2cc(N)ccc2OCC1C=O. The lowest BCUT2D eigenvalue weighted by Gasteiger charge is -2.35. The zero-order valence-electron chi connectivity index (χ0n) is 8.93. The highest BCUT2D eigenvalue weighted by molar-refractivity contribution is 5.74. The third kappa shape index (κ3) is 1.74. The highest BCUT2D eigenvalue weighted by atomic mass is 16.5. The van der Waals surface area contributed by atoms with Crippen LogP contribution in [0.5, 0.6) is 5.75 Å². The smallest absolute Gasteiger partial charge is 0.145 e. The molecule has 84 valence electrons. The molecule has 1 aliphatic rings. The van der Waals surface area contributed by atoms with Crippen molar-refractivity contribution in [2.24, 2.45) is 0 Å². The van der Waals surface area contributed by atoms with Crippen molar-refractivity contribution in [3.63, 3.8) is 0 Å². The molecule has 0 bridgehead atoms. The lowest BCUT2D eigenvalue weighted by atomic mass is 10.1. The molecule has 4 nitrogen and oxygen atoms in total. The van der Waals surface area contributed by atoms with Gasteiger partial charge in [-0.2, -0.15) is 0 Å². The van der Waals surface area contributed by atoms with Crippen molar-refractivity contribution in [3.8, 4) is 5.75 Å². The molecule has 1 heterocycles. The molecule has 1 aliphatic heterocycles. The predicted octanol–water partition coefficient (Wildman–Crippen LogP) is 1.22. The second kappa shape index (κ2) is 4.26. The van der Waals surface area contributed by atoms with Crippen LogP contribution < -0.4 is 15.4 Å². The number of aldehydes is 1. The summed E-state index contributed by atoms with van der Waals surface area (Å²) in [6.07, 6.45) is 2.64. The van der Waals surface area contributed by atoms with Gasteiger partial charge in [0, 0.05) is 12.2 Å². The third-order valence-electron chi connectivity index (χ3n) is 2.59. The Labute approximate surface area is 94.3 Å². The molecule has 1 aromatic rings. The molecule has 1 atom stereocenters. The van der Waals surface area contributed by atoms with E-state index in [9.17, 15) is 4.79 Å². The van der Waals surface area contributed by atoms with E-state index in [0.717, 1.165) is 17.7 Å². The number of ether oxygens (including phenoxy) is 1. The minimum Gasteiger partial charge on any atom is -0.489 e. The Kier molecular flexibility index (Phi) is 2.81. The number of carbonyl (C=O) groups is 1. The molecular weight excluding hydrogens is 204 g/mol. The van der Waals surface area contributed by atoms with Gasteiger partial charge in [-0.25, -0.2) is 0 Å². The van der Waals surface area contributed by atoms with Crippen molar-refractivity contribution in [1.29, 1.82) is 0 Å². The topological polar surface area (TPSA) is 55.6 Å². The first kappa shape index (κ1) is 10.5. The number of hydrogen-bond acceptors (Lipinski definition) is 4. The van der Waals surface area contributed by atoms with Crippen molar-refractivity contribution in [1.82, 2.24) is 0 Å². The zero-order valence-corrected chi connectivity index (χ0v) is 8.93. The van der Waals surface area contributed by atoms with E-state index >= 15 is 0 Å². The van der Waals surface area contributed by atoms with Gasteiger partial charge in [0.2, 0.25) is 0 Å². The zero-order chi connectivity index (χ0) is 11.5. The van der Waals surface area contributed by atoms with E-state index in [1.165, 1.54) is 0 Å². The summed E-state index contributed by atoms with van der Waals surface area (Å²) in [6, 6.07) is 5.15. The fraction of sp³-hybridized carbons (Fsp3) is 0.250. The minimum atomic E-state index is -0.271. The van der Waals surface area contributed by atoms with E-state index in [4.69, 9.17) is 10.5 Å². The van der Waals surface area contributed by atoms with Crippen LogP contribution in [0.25, 0.3) is 0 Å². The van der Waals surface area contributed by atoms with Crippen LogP contribution >= 0.6 is 0 Å². The van der Waals surface area contributed by atoms with Crippen molar-refractivity contribution >= 4 is 17.7 Å². The van der Waals surface area contributed by atoms with Gasteiger partial charge in [-0.05, 0) is 18.2 Å². The average molecular weight is 218 g/mol. The summed E-state index contributed by atoms with van der Waals surface area (Å²) in [5.41, 5.74) is 7.24. The molecule has 2 rings (SSSR count). The Balaban J connectivity index is 2.42. The lowest BCUT2D eigenvalue weighted by molar-refractivity contribution is -0.109. The molecule has 0 aliphatic carbocycles. The lowest BCUT2D eigenvalue weighted by Crippen LogP contribution is -2.44. The van der Waals surface area contributed by atoms with E-state index in [2.05, 4.69) is 6.58 Å². The van der Waals surface area contributed by atoms with E-state index in [0.29, 0.717) is 18.8 Å². The largest absolute Gasteiger partial charge is 0.489 e. The first-order valence-electron chi connectivity index (χ1n) is 5.11. The van der Waals surface area contributed by atoms with Gasteiger partial charge in [0.1, 0.15) is 24.7 Å². The molecule has 0 amide bonds. The predicted molar refractivity (Wildman–Crippen MR) is 63.7 cm³/mol. The molecule has 0 saturated heterocycles. The Hall–Kier alpha value is -1.97. The second-order valence-electron chi connectivity index (χ2n) is 3.68. The summed E-state index contributed by atoms with van der Waals surface area (Å²) >= 11 is 0. The maximum atomic E-state index is 11.0. The van der Waals surface area contributed by atoms with Crippen LogP contribution in [0.4, 0.5) is 11.4 Å². The van der Waals surface area contributed by atoms with Gasteiger partial charge in [0.25, 0.3) is 0 Å². The van der Waals surface area contributed by atoms with E-state index in [1.54, 1.807) is 12.1 Å². The van der Waals surface area contributed by atoms with Gasteiger partial charge in [0.15, 0.2) is 0 Å². The van der Waals surface area contributed by atoms with Gasteiger partial charge < -0.3 is 20.2 Å². The quantitative estimate of drug-likeness (QED) is 0.471. The standard InChI is InChI=1S/C12H14N2O2/c1-2-5-14-10(7-15)8-16-12-4-3-9(13)6-11(12)14/h2-4,6-7,10H,1,5,8,13H2. The number of hydrogen-bond donors (Lipinski definition) is 1. The Morgan fingerprint density at radius 1 is 1.62 bits per heavy atom. The molecule has 2 N–H and O–H groups in total. The summed E-state index contributed by atoms with van der Waals surface area (Å²) < 4.78 is 5.50. The fourth-order valence-corrected chi connectivity index (χ4v) is 1.81. The number of nitrogen functional groups attached to an aromatic ring is 1. The maximum absolute atomic E-state index is 11.0. The molecule has 0 aromatic heterocycles. The number of anilines is 2. The normalized spacial score (nSPS) is 18.5. The fourth-order valence-electron chi connectivity index (χ4n) is 1.81. The van der Waals surface area contributed by atoms with Gasteiger partial charge in [0.05, 0.1) is 5.69 Å². The molecule has 0 radical (unpaired) electrons. The van der Waals surface area contributed by atoms with Crippen LogP contribution in [-0.4, -0.2) is 25.5 Å². The summed E-state index contributed by atoms with van der Waals surface area (Å²) in [7, 11) is 0. The molecule has 0 fully saturated rings. The Bertz CT molecular complexity index is 417. The summed E-state index contributed by atoms with van der Waals surface area (Å²) in [6.45, 7) is 4.66. The molecule has 4 heteroatoms. The monoisotopic (exact) mass is 218 g/mol. The first-order chi connectivity index (χ1) is 7.76. The van der Waals surface area contributed by atoms with Crippen LogP contribution in [0, 0.1) is 0 Å². The number of benzene rings is 1. The van der Waals surface area contributed by atoms with Gasteiger partial charge in [-0.1, -0.05) is 6.08 Å². The number of nitrogens with two attached hydrogens (primary N) is 1. The Morgan fingerprint density at radius 3 is 3.12 bits per heavy atom. The number of carbonyl (C=O) groups excluding carboxylic acids is 1. The molecule has 1 unspecified atom stereocenters. The maximum Gasteiger partial charge on any atom is 0.145 e. The van der Waals surface area contributed by atoms with Crippen molar-refractivity contribution < 1.29 is 9.53 Å². The summed E-state index contributed by atoms with van der Waals surface area (Å²) in [5.74, 6) is 0.758. The highest BCUT2D eigenvalue weighted by Crippen LogP contribution is 2.34. The van der Waals surface area contributed by atoms with Crippen LogP contribution in [0.15, 0.2) is 30.9 Å². The number of fused-ring (bicyclic) bond motifs is 1. The summed E-state index contributed by atoms with van der Waals surface area (Å²) in [4.78, 5) is 12.9. The van der Waals surface area contributed by atoms with E-state index in [-0.39, 0.29) is 6.04 Å².